The zero-order chi connectivity index (χ0) is 13.8. The van der Waals surface area contributed by atoms with Crippen molar-refractivity contribution < 1.29 is 4.92 Å². The zero-order valence-corrected chi connectivity index (χ0v) is 11.6. The third-order valence-electron chi connectivity index (χ3n) is 3.59. The SMILES string of the molecule is CCN(CCNc1ccc([N+](=O)[O-])c(C)c1)C1CC1. The van der Waals surface area contributed by atoms with Crippen LogP contribution in [0.4, 0.5) is 11.4 Å². The lowest BCUT2D eigenvalue weighted by Crippen LogP contribution is -2.30. The lowest BCUT2D eigenvalue weighted by molar-refractivity contribution is -0.385. The molecule has 0 aliphatic heterocycles. The van der Waals surface area contributed by atoms with Gasteiger partial charge < -0.3 is 5.32 Å². The average Bonchev–Trinajstić information content (AvgIpc) is 3.18. The summed E-state index contributed by atoms with van der Waals surface area (Å²) in [7, 11) is 0. The van der Waals surface area contributed by atoms with Crippen LogP contribution in [0.3, 0.4) is 0 Å². The van der Waals surface area contributed by atoms with Crippen LogP contribution in [-0.2, 0) is 0 Å². The van der Waals surface area contributed by atoms with Crippen LogP contribution >= 0.6 is 0 Å². The predicted molar refractivity (Wildman–Crippen MR) is 76.6 cm³/mol. The molecule has 2 rings (SSSR count). The zero-order valence-electron chi connectivity index (χ0n) is 11.6. The third-order valence-corrected chi connectivity index (χ3v) is 3.59. The second kappa shape index (κ2) is 6.02. The lowest BCUT2D eigenvalue weighted by Gasteiger charge is -2.20. The van der Waals surface area contributed by atoms with Crippen molar-refractivity contribution in [3.63, 3.8) is 0 Å². The van der Waals surface area contributed by atoms with Crippen LogP contribution < -0.4 is 5.32 Å². The fourth-order valence-corrected chi connectivity index (χ4v) is 2.35. The van der Waals surface area contributed by atoms with E-state index in [0.29, 0.717) is 5.56 Å². The molecule has 19 heavy (non-hydrogen) atoms. The first kappa shape index (κ1) is 13.8. The largest absolute Gasteiger partial charge is 0.384 e. The van der Waals surface area contributed by atoms with E-state index in [-0.39, 0.29) is 10.6 Å². The van der Waals surface area contributed by atoms with Gasteiger partial charge in [0.2, 0.25) is 0 Å². The predicted octanol–water partition coefficient (Wildman–Crippen LogP) is 2.80. The van der Waals surface area contributed by atoms with Gasteiger partial charge in [-0.1, -0.05) is 6.92 Å². The number of aryl methyl sites for hydroxylation is 1. The highest BCUT2D eigenvalue weighted by molar-refractivity contribution is 5.53. The Morgan fingerprint density at radius 2 is 2.21 bits per heavy atom. The quantitative estimate of drug-likeness (QED) is 0.607. The molecule has 1 fully saturated rings. The van der Waals surface area contributed by atoms with E-state index in [1.807, 2.05) is 6.07 Å². The highest BCUT2D eigenvalue weighted by atomic mass is 16.6. The first-order valence-electron chi connectivity index (χ1n) is 6.84. The molecule has 5 heteroatoms. The van der Waals surface area contributed by atoms with Gasteiger partial charge in [-0.05, 0) is 38.4 Å². The van der Waals surface area contributed by atoms with Gasteiger partial charge in [-0.15, -0.1) is 0 Å². The molecule has 0 spiro atoms. The van der Waals surface area contributed by atoms with Gasteiger partial charge in [-0.3, -0.25) is 15.0 Å². The van der Waals surface area contributed by atoms with E-state index in [4.69, 9.17) is 0 Å². The van der Waals surface area contributed by atoms with Crippen LogP contribution in [0.15, 0.2) is 18.2 Å². The maximum Gasteiger partial charge on any atom is 0.272 e. The van der Waals surface area contributed by atoms with Gasteiger partial charge in [0.05, 0.1) is 4.92 Å². The fourth-order valence-electron chi connectivity index (χ4n) is 2.35. The Labute approximate surface area is 113 Å². The Morgan fingerprint density at radius 3 is 2.74 bits per heavy atom. The standard InChI is InChI=1S/C14H21N3O2/c1-3-16(13-5-6-13)9-8-15-12-4-7-14(17(18)19)11(2)10-12/h4,7,10,13,15H,3,5-6,8-9H2,1-2H3. The number of hydrogen-bond acceptors (Lipinski definition) is 4. The molecular weight excluding hydrogens is 242 g/mol. The maximum atomic E-state index is 10.7. The summed E-state index contributed by atoms with van der Waals surface area (Å²) in [5.74, 6) is 0. The third kappa shape index (κ3) is 3.67. The number of anilines is 1. The van der Waals surface area contributed by atoms with Crippen LogP contribution in [0.25, 0.3) is 0 Å². The van der Waals surface area contributed by atoms with Gasteiger partial charge in [0, 0.05) is 36.4 Å². The molecule has 0 radical (unpaired) electrons. The molecule has 1 aromatic rings. The number of nitro groups is 1. The minimum atomic E-state index is -0.342. The van der Waals surface area contributed by atoms with E-state index >= 15 is 0 Å². The molecule has 0 bridgehead atoms. The molecule has 0 aromatic heterocycles. The normalized spacial score (nSPS) is 14.7. The minimum absolute atomic E-state index is 0.179. The molecule has 0 saturated heterocycles. The molecule has 1 saturated carbocycles. The number of rotatable bonds is 7. The van der Waals surface area contributed by atoms with Crippen LogP contribution in [0.1, 0.15) is 25.3 Å². The Bertz CT molecular complexity index is 458. The van der Waals surface area contributed by atoms with Gasteiger partial charge in [-0.2, -0.15) is 0 Å². The summed E-state index contributed by atoms with van der Waals surface area (Å²) in [6.45, 7) is 6.95. The van der Waals surface area contributed by atoms with Crippen molar-refractivity contribution in [2.24, 2.45) is 0 Å². The monoisotopic (exact) mass is 263 g/mol. The average molecular weight is 263 g/mol. The van der Waals surface area contributed by atoms with Crippen LogP contribution in [-0.4, -0.2) is 35.5 Å². The summed E-state index contributed by atoms with van der Waals surface area (Å²) in [6, 6.07) is 5.96. The number of nitrogens with one attached hydrogen (secondary N) is 1. The van der Waals surface area contributed by atoms with E-state index in [1.165, 1.54) is 12.8 Å². The number of benzene rings is 1. The van der Waals surface area contributed by atoms with E-state index in [0.717, 1.165) is 31.4 Å². The molecule has 1 aliphatic rings. The van der Waals surface area contributed by atoms with Crippen molar-refractivity contribution in [2.75, 3.05) is 25.0 Å². The molecule has 0 amide bonds. The van der Waals surface area contributed by atoms with Crippen LogP contribution in [0, 0.1) is 17.0 Å². The Hall–Kier alpha value is -1.62. The number of nitro benzene ring substituents is 1. The molecule has 0 unspecified atom stereocenters. The van der Waals surface area contributed by atoms with E-state index < -0.39 is 0 Å². The molecular formula is C14H21N3O2. The van der Waals surface area contributed by atoms with E-state index in [2.05, 4.69) is 17.1 Å². The van der Waals surface area contributed by atoms with E-state index in [9.17, 15) is 10.1 Å². The molecule has 5 nitrogen and oxygen atoms in total. The first-order chi connectivity index (χ1) is 9.11. The fraction of sp³-hybridized carbons (Fsp3) is 0.571. The summed E-state index contributed by atoms with van der Waals surface area (Å²) < 4.78 is 0. The summed E-state index contributed by atoms with van der Waals surface area (Å²) >= 11 is 0. The summed E-state index contributed by atoms with van der Waals surface area (Å²) in [5.41, 5.74) is 1.83. The summed E-state index contributed by atoms with van der Waals surface area (Å²) in [5, 5.41) is 14.1. The van der Waals surface area contributed by atoms with E-state index in [1.54, 1.807) is 19.1 Å². The van der Waals surface area contributed by atoms with Crippen molar-refractivity contribution in [1.29, 1.82) is 0 Å². The second-order valence-electron chi connectivity index (χ2n) is 5.04. The molecule has 1 N–H and O–H groups in total. The molecule has 0 heterocycles. The highest BCUT2D eigenvalue weighted by Gasteiger charge is 2.27. The Kier molecular flexibility index (Phi) is 4.37. The van der Waals surface area contributed by atoms with Crippen molar-refractivity contribution in [1.82, 2.24) is 4.90 Å². The van der Waals surface area contributed by atoms with Crippen LogP contribution in [0.2, 0.25) is 0 Å². The van der Waals surface area contributed by atoms with Crippen LogP contribution in [0.5, 0.6) is 0 Å². The van der Waals surface area contributed by atoms with Gasteiger partial charge in [0.1, 0.15) is 0 Å². The summed E-state index contributed by atoms with van der Waals surface area (Å²) in [4.78, 5) is 12.9. The summed E-state index contributed by atoms with van der Waals surface area (Å²) in [6.07, 6.45) is 2.65. The van der Waals surface area contributed by atoms with Gasteiger partial charge in [0.15, 0.2) is 0 Å². The van der Waals surface area contributed by atoms with Gasteiger partial charge >= 0.3 is 0 Å². The van der Waals surface area contributed by atoms with Gasteiger partial charge in [0.25, 0.3) is 5.69 Å². The lowest BCUT2D eigenvalue weighted by atomic mass is 10.2. The van der Waals surface area contributed by atoms with Crippen molar-refractivity contribution in [3.05, 3.63) is 33.9 Å². The highest BCUT2D eigenvalue weighted by Crippen LogP contribution is 2.26. The smallest absolute Gasteiger partial charge is 0.272 e. The Morgan fingerprint density at radius 1 is 1.47 bits per heavy atom. The molecule has 1 aromatic carbocycles. The van der Waals surface area contributed by atoms with Crippen molar-refractivity contribution in [2.45, 2.75) is 32.7 Å². The number of likely N-dealkylation sites (N-methyl/N-ethyl adjacent to an activating group) is 1. The maximum absolute atomic E-state index is 10.7. The van der Waals surface area contributed by atoms with Gasteiger partial charge in [-0.25, -0.2) is 0 Å². The molecule has 104 valence electrons. The van der Waals surface area contributed by atoms with Crippen molar-refractivity contribution >= 4 is 11.4 Å². The first-order valence-corrected chi connectivity index (χ1v) is 6.84. The van der Waals surface area contributed by atoms with Crippen molar-refractivity contribution in [3.8, 4) is 0 Å². The molecule has 0 atom stereocenters. The topological polar surface area (TPSA) is 58.4 Å². The molecule has 1 aliphatic carbocycles. The number of nitrogens with zero attached hydrogens (tertiary/aromatic N) is 2. The minimum Gasteiger partial charge on any atom is -0.384 e. The second-order valence-corrected chi connectivity index (χ2v) is 5.04. The Balaban J connectivity index is 1.85. The number of hydrogen-bond donors (Lipinski definition) is 1.